The van der Waals surface area contributed by atoms with Crippen molar-refractivity contribution >= 4 is 22.9 Å². The number of primary amides is 1. The first-order chi connectivity index (χ1) is 13.5. The third kappa shape index (κ3) is 3.35. The first-order valence-corrected chi connectivity index (χ1v) is 8.70. The fourth-order valence-electron chi connectivity index (χ4n) is 3.23. The maximum Gasteiger partial charge on any atom is 0.307 e. The third-order valence-electron chi connectivity index (χ3n) is 4.63. The SMILES string of the molecule is NC(=O)c1cccc(-c2cnc3[nH]cc(-c4ccc(CC(=O)O)cc4)c3c2)c1. The number of hydrogen-bond acceptors (Lipinski definition) is 3. The number of aliphatic carboxylic acids is 1. The number of pyridine rings is 1. The highest BCUT2D eigenvalue weighted by atomic mass is 16.4. The average Bonchev–Trinajstić information content (AvgIpc) is 3.11. The molecule has 2 aromatic heterocycles. The summed E-state index contributed by atoms with van der Waals surface area (Å²) in [5, 5.41) is 9.85. The summed E-state index contributed by atoms with van der Waals surface area (Å²) in [5.41, 5.74) is 11.0. The Morgan fingerprint density at radius 3 is 2.50 bits per heavy atom. The van der Waals surface area contributed by atoms with E-state index in [1.165, 1.54) is 0 Å². The Balaban J connectivity index is 1.75. The van der Waals surface area contributed by atoms with E-state index >= 15 is 0 Å². The molecule has 0 aliphatic rings. The number of nitrogens with one attached hydrogen (secondary N) is 1. The number of H-pyrrole nitrogens is 1. The molecule has 2 heterocycles. The number of hydrogen-bond donors (Lipinski definition) is 3. The number of nitrogens with zero attached hydrogens (tertiary/aromatic N) is 1. The lowest BCUT2D eigenvalue weighted by atomic mass is 10.00. The van der Waals surface area contributed by atoms with Crippen molar-refractivity contribution in [3.63, 3.8) is 0 Å². The Morgan fingerprint density at radius 2 is 1.79 bits per heavy atom. The summed E-state index contributed by atoms with van der Waals surface area (Å²) in [6, 6.07) is 16.6. The van der Waals surface area contributed by atoms with Gasteiger partial charge in [-0.3, -0.25) is 9.59 Å². The molecule has 0 unspecified atom stereocenters. The molecule has 0 spiro atoms. The second kappa shape index (κ2) is 7.00. The molecular weight excluding hydrogens is 354 g/mol. The van der Waals surface area contributed by atoms with Crippen molar-refractivity contribution in [2.75, 3.05) is 0 Å². The highest BCUT2D eigenvalue weighted by molar-refractivity contribution is 5.97. The Hall–Kier alpha value is -3.93. The van der Waals surface area contributed by atoms with Crippen molar-refractivity contribution in [2.45, 2.75) is 6.42 Å². The predicted octanol–water partition coefficient (Wildman–Crippen LogP) is 3.62. The number of benzene rings is 2. The van der Waals surface area contributed by atoms with Gasteiger partial charge in [0.1, 0.15) is 5.65 Å². The fourth-order valence-corrected chi connectivity index (χ4v) is 3.23. The zero-order valence-corrected chi connectivity index (χ0v) is 14.8. The van der Waals surface area contributed by atoms with E-state index in [2.05, 4.69) is 9.97 Å². The number of nitrogens with two attached hydrogens (primary N) is 1. The number of carbonyl (C=O) groups is 2. The number of carboxylic acids is 1. The van der Waals surface area contributed by atoms with Gasteiger partial charge in [-0.1, -0.05) is 36.4 Å². The van der Waals surface area contributed by atoms with E-state index in [0.717, 1.165) is 38.9 Å². The quantitative estimate of drug-likeness (QED) is 0.498. The van der Waals surface area contributed by atoms with E-state index in [-0.39, 0.29) is 6.42 Å². The molecule has 6 nitrogen and oxygen atoms in total. The topological polar surface area (TPSA) is 109 Å². The first kappa shape index (κ1) is 17.5. The van der Waals surface area contributed by atoms with Crippen LogP contribution in [0.15, 0.2) is 67.0 Å². The highest BCUT2D eigenvalue weighted by Crippen LogP contribution is 2.31. The largest absolute Gasteiger partial charge is 0.481 e. The van der Waals surface area contributed by atoms with E-state index in [4.69, 9.17) is 10.8 Å². The summed E-state index contributed by atoms with van der Waals surface area (Å²) in [4.78, 5) is 30.0. The molecule has 0 aliphatic carbocycles. The minimum absolute atomic E-state index is 0.00390. The predicted molar refractivity (Wildman–Crippen MR) is 107 cm³/mol. The zero-order valence-electron chi connectivity index (χ0n) is 14.8. The number of rotatable bonds is 5. The Morgan fingerprint density at radius 1 is 1.00 bits per heavy atom. The number of aromatic nitrogens is 2. The number of aromatic amines is 1. The van der Waals surface area contributed by atoms with Gasteiger partial charge in [0.25, 0.3) is 0 Å². The zero-order chi connectivity index (χ0) is 19.7. The summed E-state index contributed by atoms with van der Waals surface area (Å²) < 4.78 is 0. The van der Waals surface area contributed by atoms with E-state index in [0.29, 0.717) is 5.56 Å². The molecule has 0 saturated heterocycles. The van der Waals surface area contributed by atoms with Crippen LogP contribution in [-0.4, -0.2) is 27.0 Å². The molecule has 6 heteroatoms. The van der Waals surface area contributed by atoms with Crippen LogP contribution in [0.25, 0.3) is 33.3 Å². The summed E-state index contributed by atoms with van der Waals surface area (Å²) in [7, 11) is 0. The van der Waals surface area contributed by atoms with Gasteiger partial charge in [0, 0.05) is 34.5 Å². The van der Waals surface area contributed by atoms with E-state index < -0.39 is 11.9 Å². The van der Waals surface area contributed by atoms with Gasteiger partial charge < -0.3 is 15.8 Å². The van der Waals surface area contributed by atoms with E-state index in [9.17, 15) is 9.59 Å². The molecule has 0 fully saturated rings. The van der Waals surface area contributed by atoms with Gasteiger partial charge in [-0.15, -0.1) is 0 Å². The molecular formula is C22H17N3O3. The van der Waals surface area contributed by atoms with E-state index in [1.54, 1.807) is 24.4 Å². The lowest BCUT2D eigenvalue weighted by molar-refractivity contribution is -0.136. The van der Waals surface area contributed by atoms with Crippen LogP contribution in [0, 0.1) is 0 Å². The fraction of sp³-hybridized carbons (Fsp3) is 0.0455. The normalized spacial score (nSPS) is 10.9. The standard InChI is InChI=1S/C22H17N3O3/c23-21(28)16-3-1-2-15(9-16)17-10-18-19(12-25-22(18)24-11-17)14-6-4-13(5-7-14)8-20(26)27/h1-7,9-12H,8H2,(H2,23,28)(H,24,25)(H,26,27). The molecule has 0 saturated carbocycles. The monoisotopic (exact) mass is 371 g/mol. The maximum atomic E-state index is 11.5. The second-order valence-electron chi connectivity index (χ2n) is 6.54. The smallest absolute Gasteiger partial charge is 0.307 e. The Labute approximate surface area is 160 Å². The molecule has 1 amide bonds. The second-order valence-corrected chi connectivity index (χ2v) is 6.54. The highest BCUT2D eigenvalue weighted by Gasteiger charge is 2.11. The van der Waals surface area contributed by atoms with Crippen LogP contribution in [-0.2, 0) is 11.2 Å². The number of carboxylic acid groups (broad SMARTS) is 1. The van der Waals surface area contributed by atoms with Crippen molar-refractivity contribution in [2.24, 2.45) is 5.73 Å². The molecule has 4 N–H and O–H groups in total. The summed E-state index contributed by atoms with van der Waals surface area (Å²) in [5.74, 6) is -1.33. The molecule has 0 atom stereocenters. The minimum atomic E-state index is -0.855. The van der Waals surface area contributed by atoms with Crippen molar-refractivity contribution < 1.29 is 14.7 Å². The number of fused-ring (bicyclic) bond motifs is 1. The van der Waals surface area contributed by atoms with Gasteiger partial charge in [-0.2, -0.15) is 0 Å². The van der Waals surface area contributed by atoms with Crippen molar-refractivity contribution in [1.29, 1.82) is 0 Å². The van der Waals surface area contributed by atoms with Crippen LogP contribution in [0.5, 0.6) is 0 Å². The molecule has 2 aromatic carbocycles. The number of amides is 1. The van der Waals surface area contributed by atoms with Crippen LogP contribution < -0.4 is 5.73 Å². The Kier molecular flexibility index (Phi) is 4.37. The molecule has 138 valence electrons. The van der Waals surface area contributed by atoms with Crippen LogP contribution in [0.2, 0.25) is 0 Å². The van der Waals surface area contributed by atoms with Crippen LogP contribution in [0.1, 0.15) is 15.9 Å². The summed E-state index contributed by atoms with van der Waals surface area (Å²) >= 11 is 0. The minimum Gasteiger partial charge on any atom is -0.481 e. The van der Waals surface area contributed by atoms with Gasteiger partial charge in [-0.25, -0.2) is 4.98 Å². The van der Waals surface area contributed by atoms with Gasteiger partial charge >= 0.3 is 5.97 Å². The van der Waals surface area contributed by atoms with Crippen molar-refractivity contribution in [1.82, 2.24) is 9.97 Å². The van der Waals surface area contributed by atoms with Crippen LogP contribution >= 0.6 is 0 Å². The average molecular weight is 371 g/mol. The van der Waals surface area contributed by atoms with Gasteiger partial charge in [0.2, 0.25) is 5.91 Å². The lowest BCUT2D eigenvalue weighted by Crippen LogP contribution is -2.10. The Bertz CT molecular complexity index is 1190. The van der Waals surface area contributed by atoms with Crippen LogP contribution in [0.3, 0.4) is 0 Å². The van der Waals surface area contributed by atoms with Crippen molar-refractivity contribution in [3.8, 4) is 22.3 Å². The number of carbonyl (C=O) groups excluding carboxylic acids is 1. The third-order valence-corrected chi connectivity index (χ3v) is 4.63. The van der Waals surface area contributed by atoms with Gasteiger partial charge in [0.05, 0.1) is 6.42 Å². The van der Waals surface area contributed by atoms with E-state index in [1.807, 2.05) is 42.6 Å². The van der Waals surface area contributed by atoms with Crippen molar-refractivity contribution in [3.05, 3.63) is 78.1 Å². The van der Waals surface area contributed by atoms with Gasteiger partial charge in [-0.05, 0) is 34.9 Å². The molecule has 4 aromatic rings. The maximum absolute atomic E-state index is 11.5. The first-order valence-electron chi connectivity index (χ1n) is 8.70. The molecule has 0 radical (unpaired) electrons. The molecule has 4 rings (SSSR count). The van der Waals surface area contributed by atoms with Crippen LogP contribution in [0.4, 0.5) is 0 Å². The van der Waals surface area contributed by atoms with Gasteiger partial charge in [0.15, 0.2) is 0 Å². The molecule has 0 bridgehead atoms. The summed E-state index contributed by atoms with van der Waals surface area (Å²) in [6.07, 6.45) is 3.63. The molecule has 0 aliphatic heterocycles. The summed E-state index contributed by atoms with van der Waals surface area (Å²) in [6.45, 7) is 0. The lowest BCUT2D eigenvalue weighted by Gasteiger charge is -2.05. The molecule has 28 heavy (non-hydrogen) atoms.